The lowest BCUT2D eigenvalue weighted by Gasteiger charge is -2.11. The molecule has 7 heteroatoms. The van der Waals surface area contributed by atoms with E-state index in [0.29, 0.717) is 10.7 Å². The van der Waals surface area contributed by atoms with Crippen molar-refractivity contribution in [1.29, 1.82) is 0 Å². The maximum absolute atomic E-state index is 12.3. The fraction of sp³-hybridized carbons (Fsp3) is 0.308. The highest BCUT2D eigenvalue weighted by molar-refractivity contribution is 6.30. The predicted molar refractivity (Wildman–Crippen MR) is 76.9 cm³/mol. The van der Waals surface area contributed by atoms with Gasteiger partial charge in [-0.3, -0.25) is 0 Å². The molecule has 0 unspecified atom stereocenters. The SMILES string of the molecule is CCn1c(=O)n(CC)c(=O)n(-c2ccc(Cl)cc2)c1=O. The Kier molecular flexibility index (Phi) is 3.94. The Bertz CT molecular complexity index is 757. The van der Waals surface area contributed by atoms with Crippen molar-refractivity contribution in [1.82, 2.24) is 13.7 Å². The Hall–Kier alpha value is -2.08. The fourth-order valence-electron chi connectivity index (χ4n) is 1.98. The van der Waals surface area contributed by atoms with Gasteiger partial charge in [-0.2, -0.15) is 0 Å². The number of hydrogen-bond acceptors (Lipinski definition) is 3. The fourth-order valence-corrected chi connectivity index (χ4v) is 2.11. The van der Waals surface area contributed by atoms with Crippen LogP contribution in [0.3, 0.4) is 0 Å². The van der Waals surface area contributed by atoms with E-state index in [1.807, 2.05) is 0 Å². The molecule has 1 aromatic heterocycles. The van der Waals surface area contributed by atoms with Gasteiger partial charge in [0.1, 0.15) is 0 Å². The smallest absolute Gasteiger partial charge is 0.247 e. The van der Waals surface area contributed by atoms with Crippen molar-refractivity contribution in [3.63, 3.8) is 0 Å². The molecule has 20 heavy (non-hydrogen) atoms. The predicted octanol–water partition coefficient (Wildman–Crippen LogP) is 0.854. The first-order chi connectivity index (χ1) is 9.51. The molecule has 0 radical (unpaired) electrons. The third kappa shape index (κ3) is 2.22. The number of nitrogens with zero attached hydrogens (tertiary/aromatic N) is 3. The van der Waals surface area contributed by atoms with Gasteiger partial charge in [0.15, 0.2) is 0 Å². The summed E-state index contributed by atoms with van der Waals surface area (Å²) in [6.07, 6.45) is 0. The van der Waals surface area contributed by atoms with Crippen molar-refractivity contribution in [2.24, 2.45) is 0 Å². The molecule has 106 valence electrons. The Balaban J connectivity index is 2.90. The Labute approximate surface area is 119 Å². The molecule has 0 fully saturated rings. The summed E-state index contributed by atoms with van der Waals surface area (Å²) in [5.41, 5.74) is -1.49. The summed E-state index contributed by atoms with van der Waals surface area (Å²) in [6.45, 7) is 3.76. The molecule has 0 spiro atoms. The van der Waals surface area contributed by atoms with Crippen LogP contribution in [0.1, 0.15) is 13.8 Å². The molecule has 0 atom stereocenters. The monoisotopic (exact) mass is 295 g/mol. The molecular formula is C13H14ClN3O3. The zero-order valence-corrected chi connectivity index (χ0v) is 11.9. The molecule has 0 amide bonds. The van der Waals surface area contributed by atoms with Crippen molar-refractivity contribution in [2.75, 3.05) is 0 Å². The average Bonchev–Trinajstić information content (AvgIpc) is 2.42. The molecule has 0 aliphatic rings. The molecule has 0 N–H and O–H groups in total. The quantitative estimate of drug-likeness (QED) is 0.843. The Morgan fingerprint density at radius 3 is 1.70 bits per heavy atom. The molecule has 2 rings (SSSR count). The first-order valence-electron chi connectivity index (χ1n) is 6.23. The van der Waals surface area contributed by atoms with Crippen LogP contribution < -0.4 is 17.1 Å². The summed E-state index contributed by atoms with van der Waals surface area (Å²) < 4.78 is 3.03. The van der Waals surface area contributed by atoms with E-state index in [1.54, 1.807) is 38.1 Å². The summed E-state index contributed by atoms with van der Waals surface area (Å²) >= 11 is 5.80. The third-order valence-electron chi connectivity index (χ3n) is 3.02. The van der Waals surface area contributed by atoms with E-state index >= 15 is 0 Å². The van der Waals surface area contributed by atoms with Crippen LogP contribution >= 0.6 is 11.6 Å². The van der Waals surface area contributed by atoms with Gasteiger partial charge in [-0.25, -0.2) is 28.1 Å². The maximum atomic E-state index is 12.3. The van der Waals surface area contributed by atoms with Crippen LogP contribution in [0.4, 0.5) is 0 Å². The molecule has 0 aliphatic carbocycles. The lowest BCUT2D eigenvalue weighted by atomic mass is 10.3. The highest BCUT2D eigenvalue weighted by Gasteiger charge is 2.14. The van der Waals surface area contributed by atoms with Gasteiger partial charge in [-0.15, -0.1) is 0 Å². The van der Waals surface area contributed by atoms with E-state index in [9.17, 15) is 14.4 Å². The lowest BCUT2D eigenvalue weighted by Crippen LogP contribution is -2.53. The zero-order chi connectivity index (χ0) is 14.9. The Morgan fingerprint density at radius 2 is 1.30 bits per heavy atom. The molecule has 6 nitrogen and oxygen atoms in total. The van der Waals surface area contributed by atoms with E-state index < -0.39 is 17.1 Å². The second kappa shape index (κ2) is 5.50. The van der Waals surface area contributed by atoms with Crippen LogP contribution in [-0.4, -0.2) is 13.7 Å². The summed E-state index contributed by atoms with van der Waals surface area (Å²) in [4.78, 5) is 36.6. The summed E-state index contributed by atoms with van der Waals surface area (Å²) in [5.74, 6) is 0. The van der Waals surface area contributed by atoms with Crippen molar-refractivity contribution in [3.05, 3.63) is 60.7 Å². The van der Waals surface area contributed by atoms with E-state index in [-0.39, 0.29) is 13.1 Å². The molecule has 0 bridgehead atoms. The number of aromatic nitrogens is 3. The molecule has 1 heterocycles. The topological polar surface area (TPSA) is 66.0 Å². The van der Waals surface area contributed by atoms with Crippen LogP contribution in [0, 0.1) is 0 Å². The second-order valence-corrected chi connectivity index (χ2v) is 4.58. The summed E-state index contributed by atoms with van der Waals surface area (Å²) in [5, 5.41) is 0.501. The van der Waals surface area contributed by atoms with E-state index in [1.165, 1.54) is 0 Å². The van der Waals surface area contributed by atoms with Gasteiger partial charge in [0.25, 0.3) is 0 Å². The van der Waals surface area contributed by atoms with E-state index in [0.717, 1.165) is 13.7 Å². The van der Waals surface area contributed by atoms with Crippen LogP contribution in [0.25, 0.3) is 5.69 Å². The number of halogens is 1. The average molecular weight is 296 g/mol. The minimum absolute atomic E-state index is 0.200. The molecule has 0 saturated heterocycles. The highest BCUT2D eigenvalue weighted by atomic mass is 35.5. The van der Waals surface area contributed by atoms with Crippen molar-refractivity contribution >= 4 is 11.6 Å². The Morgan fingerprint density at radius 1 is 0.850 bits per heavy atom. The minimum Gasteiger partial charge on any atom is -0.247 e. The first-order valence-corrected chi connectivity index (χ1v) is 6.61. The zero-order valence-electron chi connectivity index (χ0n) is 11.2. The summed E-state index contributed by atoms with van der Waals surface area (Å²) in [6, 6.07) is 6.30. The van der Waals surface area contributed by atoms with Crippen LogP contribution in [0.15, 0.2) is 38.6 Å². The van der Waals surface area contributed by atoms with Gasteiger partial charge in [0.2, 0.25) is 0 Å². The van der Waals surface area contributed by atoms with Crippen LogP contribution in [0.2, 0.25) is 5.02 Å². The molecule has 0 saturated carbocycles. The van der Waals surface area contributed by atoms with Gasteiger partial charge in [0.05, 0.1) is 5.69 Å². The number of rotatable bonds is 3. The van der Waals surface area contributed by atoms with Crippen molar-refractivity contribution < 1.29 is 0 Å². The largest absolute Gasteiger partial charge is 0.340 e. The standard InChI is InChI=1S/C13H14ClN3O3/c1-3-15-11(18)16(4-2)13(20)17(12(15)19)10-7-5-9(14)6-8-10/h5-8H,3-4H2,1-2H3. The normalized spacial score (nSPS) is 10.8. The van der Waals surface area contributed by atoms with Crippen LogP contribution in [0.5, 0.6) is 0 Å². The van der Waals surface area contributed by atoms with Crippen molar-refractivity contribution in [3.8, 4) is 5.69 Å². The lowest BCUT2D eigenvalue weighted by molar-refractivity contribution is 0.513. The number of benzene rings is 1. The van der Waals surface area contributed by atoms with Gasteiger partial charge < -0.3 is 0 Å². The molecule has 1 aromatic carbocycles. The van der Waals surface area contributed by atoms with Crippen LogP contribution in [-0.2, 0) is 13.1 Å². The highest BCUT2D eigenvalue weighted by Crippen LogP contribution is 2.10. The molecular weight excluding hydrogens is 282 g/mol. The molecule has 2 aromatic rings. The minimum atomic E-state index is -0.644. The number of hydrogen-bond donors (Lipinski definition) is 0. The third-order valence-corrected chi connectivity index (χ3v) is 3.28. The van der Waals surface area contributed by atoms with Gasteiger partial charge in [-0.05, 0) is 38.1 Å². The van der Waals surface area contributed by atoms with Crippen molar-refractivity contribution in [2.45, 2.75) is 26.9 Å². The van der Waals surface area contributed by atoms with Gasteiger partial charge in [-0.1, -0.05) is 11.6 Å². The molecule has 0 aliphatic heterocycles. The summed E-state index contributed by atoms with van der Waals surface area (Å²) in [7, 11) is 0. The van der Waals surface area contributed by atoms with Gasteiger partial charge >= 0.3 is 17.1 Å². The first kappa shape index (κ1) is 14.3. The second-order valence-electron chi connectivity index (χ2n) is 4.15. The van der Waals surface area contributed by atoms with E-state index in [2.05, 4.69) is 0 Å². The van der Waals surface area contributed by atoms with Gasteiger partial charge in [0, 0.05) is 18.1 Å². The maximum Gasteiger partial charge on any atom is 0.340 e. The van der Waals surface area contributed by atoms with E-state index in [4.69, 9.17) is 11.6 Å².